The zero-order valence-corrected chi connectivity index (χ0v) is 12.1. The van der Waals surface area contributed by atoms with Crippen LogP contribution in [0.4, 0.5) is 0 Å². The van der Waals surface area contributed by atoms with Crippen LogP contribution in [-0.2, 0) is 6.42 Å². The lowest BCUT2D eigenvalue weighted by Gasteiger charge is -2.10. The number of fused-ring (bicyclic) bond motifs is 1. The quantitative estimate of drug-likeness (QED) is 0.809. The van der Waals surface area contributed by atoms with Gasteiger partial charge in [-0.15, -0.1) is 0 Å². The summed E-state index contributed by atoms with van der Waals surface area (Å²) in [4.78, 5) is 16.6. The van der Waals surface area contributed by atoms with E-state index in [-0.39, 0.29) is 11.9 Å². The molecule has 21 heavy (non-hydrogen) atoms. The first kappa shape index (κ1) is 13.6. The molecule has 4 nitrogen and oxygen atoms in total. The Morgan fingerprint density at radius 3 is 2.90 bits per heavy atom. The second-order valence-electron chi connectivity index (χ2n) is 5.33. The predicted octanol–water partition coefficient (Wildman–Crippen LogP) is 3.03. The predicted molar refractivity (Wildman–Crippen MR) is 79.1 cm³/mol. The Balaban J connectivity index is 1.88. The summed E-state index contributed by atoms with van der Waals surface area (Å²) in [7, 11) is 0. The molecule has 0 saturated carbocycles. The van der Waals surface area contributed by atoms with Crippen LogP contribution in [0.1, 0.15) is 35.3 Å². The number of nitrogens with zero attached hydrogens (tertiary/aromatic N) is 1. The molecule has 4 heteroatoms. The third-order valence-corrected chi connectivity index (χ3v) is 3.30. The molecule has 0 fully saturated rings. The second kappa shape index (κ2) is 5.56. The van der Waals surface area contributed by atoms with Crippen molar-refractivity contribution in [1.29, 1.82) is 0 Å². The van der Waals surface area contributed by atoms with Crippen LogP contribution in [0.5, 0.6) is 11.5 Å². The summed E-state index contributed by atoms with van der Waals surface area (Å²) in [6, 6.07) is 7.29. The number of aromatic nitrogens is 1. The molecule has 1 aromatic carbocycles. The molecule has 0 N–H and O–H groups in total. The fourth-order valence-electron chi connectivity index (χ4n) is 2.37. The molecule has 0 saturated heterocycles. The topological polar surface area (TPSA) is 48.4 Å². The van der Waals surface area contributed by atoms with Crippen LogP contribution in [0.15, 0.2) is 36.7 Å². The van der Waals surface area contributed by atoms with Gasteiger partial charge in [-0.25, -0.2) is 0 Å². The highest BCUT2D eigenvalue weighted by atomic mass is 16.5. The minimum atomic E-state index is -0.0496. The molecule has 0 bridgehead atoms. The Bertz CT molecular complexity index is 679. The third kappa shape index (κ3) is 2.89. The van der Waals surface area contributed by atoms with Crippen LogP contribution < -0.4 is 9.47 Å². The van der Waals surface area contributed by atoms with E-state index in [2.05, 4.69) is 4.98 Å². The Morgan fingerprint density at radius 2 is 2.10 bits per heavy atom. The lowest BCUT2D eigenvalue weighted by atomic mass is 10.0. The molecular formula is C17H17NO3. The maximum Gasteiger partial charge on any atom is 0.194 e. The summed E-state index contributed by atoms with van der Waals surface area (Å²) < 4.78 is 11.0. The van der Waals surface area contributed by atoms with Crippen LogP contribution in [0.25, 0.3) is 0 Å². The Morgan fingerprint density at radius 1 is 1.24 bits per heavy atom. The van der Waals surface area contributed by atoms with Crippen LogP contribution in [-0.4, -0.2) is 23.5 Å². The van der Waals surface area contributed by atoms with Crippen LogP contribution in [0, 0.1) is 0 Å². The van der Waals surface area contributed by atoms with Crippen molar-refractivity contribution in [2.45, 2.75) is 26.4 Å². The molecule has 1 aliphatic heterocycles. The molecule has 0 unspecified atom stereocenters. The lowest BCUT2D eigenvalue weighted by molar-refractivity contribution is 0.103. The van der Waals surface area contributed by atoms with Gasteiger partial charge in [0.15, 0.2) is 5.78 Å². The van der Waals surface area contributed by atoms with Crippen molar-refractivity contribution in [2.24, 2.45) is 0 Å². The SMILES string of the molecule is CC(C)Oc1cncc(C(=O)c2ccc3c(c2)CCO3)c1. The molecule has 1 aromatic heterocycles. The van der Waals surface area contributed by atoms with Crippen molar-refractivity contribution in [2.75, 3.05) is 6.61 Å². The van der Waals surface area contributed by atoms with E-state index in [1.165, 1.54) is 0 Å². The number of carbonyl (C=O) groups excluding carboxylic acids is 1. The Labute approximate surface area is 123 Å². The maximum absolute atomic E-state index is 12.5. The van der Waals surface area contributed by atoms with Gasteiger partial charge in [-0.3, -0.25) is 9.78 Å². The van der Waals surface area contributed by atoms with Gasteiger partial charge in [0.2, 0.25) is 0 Å². The number of ether oxygens (including phenoxy) is 2. The average molecular weight is 283 g/mol. The largest absolute Gasteiger partial charge is 0.493 e. The van der Waals surface area contributed by atoms with Gasteiger partial charge in [-0.2, -0.15) is 0 Å². The van der Waals surface area contributed by atoms with E-state index in [0.717, 1.165) is 17.7 Å². The van der Waals surface area contributed by atoms with Gasteiger partial charge in [0.05, 0.1) is 18.9 Å². The van der Waals surface area contributed by atoms with Crippen LogP contribution >= 0.6 is 0 Å². The molecule has 0 radical (unpaired) electrons. The molecule has 2 aromatic rings. The van der Waals surface area contributed by atoms with Crippen molar-refractivity contribution >= 4 is 5.78 Å². The lowest BCUT2D eigenvalue weighted by Crippen LogP contribution is -2.08. The summed E-state index contributed by atoms with van der Waals surface area (Å²) in [5, 5.41) is 0. The fourth-order valence-corrected chi connectivity index (χ4v) is 2.37. The van der Waals surface area contributed by atoms with Gasteiger partial charge >= 0.3 is 0 Å². The summed E-state index contributed by atoms with van der Waals surface area (Å²) in [5.41, 5.74) is 2.28. The molecule has 0 aliphatic carbocycles. The van der Waals surface area contributed by atoms with Gasteiger partial charge in [-0.1, -0.05) is 0 Å². The first-order chi connectivity index (χ1) is 10.1. The van der Waals surface area contributed by atoms with Gasteiger partial charge in [0.25, 0.3) is 0 Å². The Hall–Kier alpha value is -2.36. The third-order valence-electron chi connectivity index (χ3n) is 3.30. The summed E-state index contributed by atoms with van der Waals surface area (Å²) in [5.74, 6) is 1.44. The van der Waals surface area contributed by atoms with Crippen molar-refractivity contribution in [3.63, 3.8) is 0 Å². The molecular weight excluding hydrogens is 266 g/mol. The summed E-state index contributed by atoms with van der Waals surface area (Å²) in [6.07, 6.45) is 4.09. The van der Waals surface area contributed by atoms with Gasteiger partial charge in [0.1, 0.15) is 11.5 Å². The maximum atomic E-state index is 12.5. The van der Waals surface area contributed by atoms with Crippen LogP contribution in [0.3, 0.4) is 0 Å². The van der Waals surface area contributed by atoms with Crippen LogP contribution in [0.2, 0.25) is 0 Å². The number of hydrogen-bond donors (Lipinski definition) is 0. The zero-order chi connectivity index (χ0) is 14.8. The first-order valence-electron chi connectivity index (χ1n) is 7.05. The zero-order valence-electron chi connectivity index (χ0n) is 12.1. The molecule has 108 valence electrons. The van der Waals surface area contributed by atoms with E-state index >= 15 is 0 Å². The second-order valence-corrected chi connectivity index (χ2v) is 5.33. The Kier molecular flexibility index (Phi) is 3.60. The minimum Gasteiger partial charge on any atom is -0.493 e. The van der Waals surface area contributed by atoms with E-state index in [0.29, 0.717) is 23.5 Å². The number of ketones is 1. The van der Waals surface area contributed by atoms with Crippen molar-refractivity contribution < 1.29 is 14.3 Å². The van der Waals surface area contributed by atoms with Crippen molar-refractivity contribution in [3.8, 4) is 11.5 Å². The van der Waals surface area contributed by atoms with E-state index in [1.807, 2.05) is 26.0 Å². The van der Waals surface area contributed by atoms with Gasteiger partial charge < -0.3 is 9.47 Å². The smallest absolute Gasteiger partial charge is 0.194 e. The number of hydrogen-bond acceptors (Lipinski definition) is 4. The number of benzene rings is 1. The minimum absolute atomic E-state index is 0.0496. The molecule has 3 rings (SSSR count). The summed E-state index contributed by atoms with van der Waals surface area (Å²) >= 11 is 0. The molecule has 0 atom stereocenters. The number of carbonyl (C=O) groups is 1. The molecule has 0 spiro atoms. The molecule has 2 heterocycles. The standard InChI is InChI=1S/C17H17NO3/c1-11(2)21-15-8-14(9-18-10-15)17(19)13-3-4-16-12(7-13)5-6-20-16/h3-4,7-11H,5-6H2,1-2H3. The number of pyridine rings is 1. The average Bonchev–Trinajstić information content (AvgIpc) is 2.93. The number of rotatable bonds is 4. The molecule has 1 aliphatic rings. The first-order valence-corrected chi connectivity index (χ1v) is 7.05. The normalized spacial score (nSPS) is 12.9. The van der Waals surface area contributed by atoms with Gasteiger partial charge in [0, 0.05) is 23.7 Å². The summed E-state index contributed by atoms with van der Waals surface area (Å²) in [6.45, 7) is 4.57. The highest BCUT2D eigenvalue weighted by molar-refractivity contribution is 6.09. The van der Waals surface area contributed by atoms with E-state index in [1.54, 1.807) is 24.5 Å². The van der Waals surface area contributed by atoms with E-state index in [4.69, 9.17) is 9.47 Å². The van der Waals surface area contributed by atoms with Gasteiger partial charge in [-0.05, 0) is 43.7 Å². The highest BCUT2D eigenvalue weighted by Gasteiger charge is 2.16. The van der Waals surface area contributed by atoms with E-state index < -0.39 is 0 Å². The highest BCUT2D eigenvalue weighted by Crippen LogP contribution is 2.27. The monoisotopic (exact) mass is 283 g/mol. The van der Waals surface area contributed by atoms with Crippen molar-refractivity contribution in [1.82, 2.24) is 4.98 Å². The molecule has 0 amide bonds. The van der Waals surface area contributed by atoms with E-state index in [9.17, 15) is 4.79 Å². The fraction of sp³-hybridized carbons (Fsp3) is 0.294. The van der Waals surface area contributed by atoms with Crippen molar-refractivity contribution in [3.05, 3.63) is 53.3 Å².